The quantitative estimate of drug-likeness (QED) is 0.795. The first kappa shape index (κ1) is 18.9. The number of carbonyl (C=O) groups excluding carboxylic acids is 2. The minimum absolute atomic E-state index is 0.0698. The second kappa shape index (κ2) is 8.68. The predicted octanol–water partition coefficient (Wildman–Crippen LogP) is 1.40. The fraction of sp³-hybridized carbons (Fsp3) is 0.421. The fourth-order valence-electron chi connectivity index (χ4n) is 3.09. The summed E-state index contributed by atoms with van der Waals surface area (Å²) in [6, 6.07) is 8.74. The minimum Gasteiger partial charge on any atom is -0.508 e. The van der Waals surface area contributed by atoms with Crippen molar-refractivity contribution < 1.29 is 19.2 Å². The molecule has 1 aromatic carbocycles. The van der Waals surface area contributed by atoms with Gasteiger partial charge in [0.2, 0.25) is 11.8 Å². The van der Waals surface area contributed by atoms with Crippen LogP contribution in [0, 0.1) is 6.92 Å². The first-order chi connectivity index (χ1) is 13.0. The Morgan fingerprint density at radius 3 is 2.63 bits per heavy atom. The van der Waals surface area contributed by atoms with Crippen molar-refractivity contribution in [1.82, 2.24) is 15.0 Å². The van der Waals surface area contributed by atoms with E-state index in [0.717, 1.165) is 5.56 Å². The van der Waals surface area contributed by atoms with Crippen LogP contribution in [-0.4, -0.2) is 64.6 Å². The van der Waals surface area contributed by atoms with Crippen LogP contribution in [0.2, 0.25) is 0 Å². The smallest absolute Gasteiger partial charge is 0.239 e. The molecule has 8 heteroatoms. The third-order valence-electron chi connectivity index (χ3n) is 4.59. The Hall–Kier alpha value is -2.87. The van der Waals surface area contributed by atoms with Gasteiger partial charge in [-0.2, -0.15) is 0 Å². The van der Waals surface area contributed by atoms with E-state index in [0.29, 0.717) is 50.6 Å². The van der Waals surface area contributed by atoms with Crippen molar-refractivity contribution >= 4 is 17.6 Å². The molecule has 1 aliphatic rings. The van der Waals surface area contributed by atoms with E-state index in [9.17, 15) is 14.7 Å². The number of hydrogen-bond acceptors (Lipinski definition) is 6. The summed E-state index contributed by atoms with van der Waals surface area (Å²) in [5, 5.41) is 16.2. The summed E-state index contributed by atoms with van der Waals surface area (Å²) >= 11 is 0. The first-order valence-corrected chi connectivity index (χ1v) is 9.01. The van der Waals surface area contributed by atoms with Crippen LogP contribution in [0.25, 0.3) is 0 Å². The summed E-state index contributed by atoms with van der Waals surface area (Å²) in [7, 11) is 0. The largest absolute Gasteiger partial charge is 0.508 e. The molecule has 1 saturated heterocycles. The molecule has 1 aliphatic heterocycles. The van der Waals surface area contributed by atoms with Crippen LogP contribution in [0.15, 0.2) is 34.9 Å². The number of carbonyl (C=O) groups is 2. The van der Waals surface area contributed by atoms with Crippen molar-refractivity contribution in [2.75, 3.05) is 38.0 Å². The number of para-hydroxylation sites is 1. The SMILES string of the molecule is Cc1cc(NC(=O)CN2CCN(C(=O)CCc3ccccc3O)CC2)no1. The maximum atomic E-state index is 12.4. The Morgan fingerprint density at radius 2 is 1.96 bits per heavy atom. The van der Waals surface area contributed by atoms with Gasteiger partial charge in [-0.05, 0) is 25.0 Å². The van der Waals surface area contributed by atoms with Crippen molar-refractivity contribution in [3.63, 3.8) is 0 Å². The Kier molecular flexibility index (Phi) is 6.08. The third-order valence-corrected chi connectivity index (χ3v) is 4.59. The van der Waals surface area contributed by atoms with Gasteiger partial charge in [-0.15, -0.1) is 0 Å². The van der Waals surface area contributed by atoms with E-state index in [1.54, 1.807) is 25.1 Å². The molecule has 2 heterocycles. The number of phenolic OH excluding ortho intramolecular Hbond substituents is 1. The number of rotatable bonds is 6. The lowest BCUT2D eigenvalue weighted by atomic mass is 10.1. The zero-order valence-corrected chi connectivity index (χ0v) is 15.4. The average molecular weight is 372 g/mol. The van der Waals surface area contributed by atoms with Crippen molar-refractivity contribution in [2.45, 2.75) is 19.8 Å². The number of piperazine rings is 1. The van der Waals surface area contributed by atoms with E-state index < -0.39 is 0 Å². The number of phenols is 1. The van der Waals surface area contributed by atoms with Crippen molar-refractivity contribution in [2.24, 2.45) is 0 Å². The highest BCUT2D eigenvalue weighted by Crippen LogP contribution is 2.18. The highest BCUT2D eigenvalue weighted by atomic mass is 16.5. The highest BCUT2D eigenvalue weighted by molar-refractivity contribution is 5.91. The fourth-order valence-corrected chi connectivity index (χ4v) is 3.09. The van der Waals surface area contributed by atoms with E-state index in [-0.39, 0.29) is 24.1 Å². The predicted molar refractivity (Wildman–Crippen MR) is 99.3 cm³/mol. The molecule has 1 aromatic heterocycles. The zero-order chi connectivity index (χ0) is 19.2. The topological polar surface area (TPSA) is 98.9 Å². The number of amides is 2. The van der Waals surface area contributed by atoms with Crippen LogP contribution in [0.5, 0.6) is 5.75 Å². The normalized spacial score (nSPS) is 14.9. The van der Waals surface area contributed by atoms with Crippen LogP contribution in [0.1, 0.15) is 17.7 Å². The van der Waals surface area contributed by atoms with Gasteiger partial charge < -0.3 is 19.8 Å². The number of nitrogens with zero attached hydrogens (tertiary/aromatic N) is 3. The van der Waals surface area contributed by atoms with Gasteiger partial charge in [-0.3, -0.25) is 14.5 Å². The van der Waals surface area contributed by atoms with E-state index in [1.165, 1.54) is 0 Å². The lowest BCUT2D eigenvalue weighted by Crippen LogP contribution is -2.50. The van der Waals surface area contributed by atoms with Crippen molar-refractivity contribution in [3.8, 4) is 5.75 Å². The minimum atomic E-state index is -0.150. The van der Waals surface area contributed by atoms with Gasteiger partial charge in [0.1, 0.15) is 11.5 Å². The maximum absolute atomic E-state index is 12.4. The maximum Gasteiger partial charge on any atom is 0.239 e. The molecule has 2 N–H and O–H groups in total. The summed E-state index contributed by atoms with van der Waals surface area (Å²) < 4.78 is 4.92. The second-order valence-corrected chi connectivity index (χ2v) is 6.66. The van der Waals surface area contributed by atoms with Gasteiger partial charge in [0.05, 0.1) is 6.54 Å². The molecule has 0 saturated carbocycles. The molecule has 144 valence electrons. The molecule has 3 rings (SSSR count). The van der Waals surface area contributed by atoms with Crippen LogP contribution in [0.3, 0.4) is 0 Å². The first-order valence-electron chi connectivity index (χ1n) is 9.01. The van der Waals surface area contributed by atoms with Gasteiger partial charge in [0.25, 0.3) is 0 Å². The van der Waals surface area contributed by atoms with Gasteiger partial charge in [0, 0.05) is 38.7 Å². The third kappa shape index (κ3) is 5.30. The number of aromatic nitrogens is 1. The molecule has 27 heavy (non-hydrogen) atoms. The molecular formula is C19H24N4O4. The van der Waals surface area contributed by atoms with Crippen LogP contribution in [0.4, 0.5) is 5.82 Å². The molecule has 0 unspecified atom stereocenters. The monoisotopic (exact) mass is 372 g/mol. The van der Waals surface area contributed by atoms with Gasteiger partial charge in [0.15, 0.2) is 5.82 Å². The number of anilines is 1. The Bertz CT molecular complexity index is 797. The molecule has 2 aromatic rings. The molecule has 1 fully saturated rings. The molecule has 2 amide bonds. The molecule has 8 nitrogen and oxygen atoms in total. The van der Waals surface area contributed by atoms with Crippen molar-refractivity contribution in [3.05, 3.63) is 41.7 Å². The Labute approximate surface area is 157 Å². The molecule has 0 aliphatic carbocycles. The zero-order valence-electron chi connectivity index (χ0n) is 15.4. The van der Waals surface area contributed by atoms with E-state index >= 15 is 0 Å². The van der Waals surface area contributed by atoms with Crippen molar-refractivity contribution in [1.29, 1.82) is 0 Å². The summed E-state index contributed by atoms with van der Waals surface area (Å²) in [4.78, 5) is 28.3. The summed E-state index contributed by atoms with van der Waals surface area (Å²) in [6.45, 7) is 4.50. The average Bonchev–Trinajstić information content (AvgIpc) is 3.06. The van der Waals surface area contributed by atoms with E-state index in [1.807, 2.05) is 21.9 Å². The number of aromatic hydroxyl groups is 1. The van der Waals surface area contributed by atoms with Gasteiger partial charge in [-0.25, -0.2) is 0 Å². The molecule has 0 radical (unpaired) electrons. The van der Waals surface area contributed by atoms with Crippen LogP contribution < -0.4 is 5.32 Å². The lowest BCUT2D eigenvalue weighted by Gasteiger charge is -2.34. The van der Waals surface area contributed by atoms with Gasteiger partial charge in [-0.1, -0.05) is 23.4 Å². The number of nitrogens with one attached hydrogen (secondary N) is 1. The highest BCUT2D eigenvalue weighted by Gasteiger charge is 2.22. The molecule has 0 bridgehead atoms. The second-order valence-electron chi connectivity index (χ2n) is 6.66. The Morgan fingerprint density at radius 1 is 1.22 bits per heavy atom. The number of benzene rings is 1. The lowest BCUT2D eigenvalue weighted by molar-refractivity contribution is -0.133. The standard InChI is InChI=1S/C19H24N4O4/c1-14-12-17(21-27-14)20-18(25)13-22-8-10-23(11-9-22)19(26)7-6-15-4-2-3-5-16(15)24/h2-5,12,24H,6-11,13H2,1H3,(H,20,21,25). The molecule has 0 spiro atoms. The summed E-state index contributed by atoms with van der Waals surface area (Å²) in [6.07, 6.45) is 0.884. The van der Waals surface area contributed by atoms with E-state index in [4.69, 9.17) is 4.52 Å². The number of hydrogen-bond donors (Lipinski definition) is 2. The molecular weight excluding hydrogens is 348 g/mol. The van der Waals surface area contributed by atoms with Crippen LogP contribution in [-0.2, 0) is 16.0 Å². The Balaban J connectivity index is 1.39. The summed E-state index contributed by atoms with van der Waals surface area (Å²) in [5.41, 5.74) is 0.782. The van der Waals surface area contributed by atoms with E-state index in [2.05, 4.69) is 10.5 Å². The molecule has 0 atom stereocenters. The summed E-state index contributed by atoms with van der Waals surface area (Å²) in [5.74, 6) is 1.20. The van der Waals surface area contributed by atoms with Gasteiger partial charge >= 0.3 is 0 Å². The number of aryl methyl sites for hydroxylation is 2. The van der Waals surface area contributed by atoms with Crippen LogP contribution >= 0.6 is 0 Å².